The third-order valence-corrected chi connectivity index (χ3v) is 4.12. The minimum absolute atomic E-state index is 0.288. The average molecular weight is 290 g/mol. The number of nitrogens with zero attached hydrogens (tertiary/aromatic N) is 3. The van der Waals surface area contributed by atoms with Crippen LogP contribution in [0, 0.1) is 0 Å². The van der Waals surface area contributed by atoms with Crippen LogP contribution in [0.3, 0.4) is 0 Å². The van der Waals surface area contributed by atoms with E-state index in [2.05, 4.69) is 15.0 Å². The Bertz CT molecular complexity index is 945. The lowest BCUT2D eigenvalue weighted by molar-refractivity contribution is 1.28. The zero-order valence-corrected chi connectivity index (χ0v) is 11.8. The van der Waals surface area contributed by atoms with Gasteiger partial charge in [0.25, 0.3) is 0 Å². The zero-order chi connectivity index (χ0) is 14.9. The topological polar surface area (TPSA) is 38.7 Å². The van der Waals surface area contributed by atoms with Crippen LogP contribution >= 0.6 is 11.3 Å². The second kappa shape index (κ2) is 5.07. The number of aromatic nitrogens is 3. The molecule has 0 fully saturated rings. The van der Waals surface area contributed by atoms with Gasteiger partial charge in [0.1, 0.15) is 5.69 Å². The number of benzene rings is 1. The molecule has 21 heavy (non-hydrogen) atoms. The fourth-order valence-corrected chi connectivity index (χ4v) is 3.13. The van der Waals surface area contributed by atoms with E-state index in [9.17, 15) is 0 Å². The molecule has 1 aromatic carbocycles. The molecule has 0 aliphatic carbocycles. The summed E-state index contributed by atoms with van der Waals surface area (Å²) < 4.78 is 7.93. The molecule has 0 saturated carbocycles. The zero-order valence-electron chi connectivity index (χ0n) is 12.0. The number of pyridine rings is 2. The van der Waals surface area contributed by atoms with E-state index < -0.39 is 0 Å². The molecular formula is C17H11N3S. The third-order valence-electron chi connectivity index (χ3n) is 3.32. The maximum atomic E-state index is 7.93. The summed E-state index contributed by atoms with van der Waals surface area (Å²) in [5.41, 5.74) is 3.81. The summed E-state index contributed by atoms with van der Waals surface area (Å²) >= 11 is 1.36. The van der Waals surface area contributed by atoms with E-state index in [1.165, 1.54) is 11.3 Å². The van der Waals surface area contributed by atoms with Gasteiger partial charge in [-0.3, -0.25) is 9.97 Å². The van der Waals surface area contributed by atoms with Gasteiger partial charge in [0, 0.05) is 23.3 Å². The molecule has 100 valence electrons. The number of para-hydroxylation sites is 1. The van der Waals surface area contributed by atoms with Gasteiger partial charge in [-0.1, -0.05) is 24.3 Å². The molecule has 3 nitrogen and oxygen atoms in total. The Morgan fingerprint density at radius 2 is 1.76 bits per heavy atom. The second-order valence-electron chi connectivity index (χ2n) is 4.57. The number of hydrogen-bond donors (Lipinski definition) is 0. The van der Waals surface area contributed by atoms with Gasteiger partial charge in [-0.15, -0.1) is 11.3 Å². The molecule has 0 aliphatic heterocycles. The molecule has 4 heteroatoms. The first-order valence-corrected chi connectivity index (χ1v) is 7.37. The van der Waals surface area contributed by atoms with Crippen molar-refractivity contribution in [3.8, 4) is 21.8 Å². The molecule has 0 amide bonds. The van der Waals surface area contributed by atoms with Crippen molar-refractivity contribution in [1.82, 2.24) is 15.0 Å². The predicted octanol–water partition coefficient (Wildman–Crippen LogP) is 4.42. The van der Waals surface area contributed by atoms with Crippen molar-refractivity contribution in [2.45, 2.75) is 0 Å². The van der Waals surface area contributed by atoms with E-state index in [0.29, 0.717) is 0 Å². The van der Waals surface area contributed by atoms with Crippen LogP contribution in [0.15, 0.2) is 66.4 Å². The monoisotopic (exact) mass is 290 g/mol. The molecule has 0 atom stereocenters. The second-order valence-corrected chi connectivity index (χ2v) is 5.37. The maximum Gasteiger partial charge on any atom is 0.107 e. The fourth-order valence-electron chi connectivity index (χ4n) is 2.37. The molecule has 0 N–H and O–H groups in total. The summed E-state index contributed by atoms with van der Waals surface area (Å²) in [4.78, 5) is 14.1. The highest BCUT2D eigenvalue weighted by atomic mass is 32.1. The summed E-state index contributed by atoms with van der Waals surface area (Å²) in [6.45, 7) is 0. The normalized spacial score (nSPS) is 11.5. The molecule has 4 aromatic rings. The quantitative estimate of drug-likeness (QED) is 0.548. The van der Waals surface area contributed by atoms with Crippen molar-refractivity contribution in [1.29, 1.82) is 0 Å². The van der Waals surface area contributed by atoms with Crippen LogP contribution in [0.2, 0.25) is 0 Å². The Balaban J connectivity index is 2.00. The summed E-state index contributed by atoms with van der Waals surface area (Å²) in [6, 6.07) is 15.7. The van der Waals surface area contributed by atoms with Crippen molar-refractivity contribution < 1.29 is 1.37 Å². The van der Waals surface area contributed by atoms with Gasteiger partial charge in [0.15, 0.2) is 0 Å². The van der Waals surface area contributed by atoms with Crippen LogP contribution in [0.25, 0.3) is 32.7 Å². The van der Waals surface area contributed by atoms with Crippen molar-refractivity contribution in [2.24, 2.45) is 0 Å². The lowest BCUT2D eigenvalue weighted by Gasteiger charge is -2.06. The first-order chi connectivity index (χ1) is 10.8. The predicted molar refractivity (Wildman–Crippen MR) is 86.1 cm³/mol. The van der Waals surface area contributed by atoms with E-state index in [1.807, 2.05) is 48.5 Å². The summed E-state index contributed by atoms with van der Waals surface area (Å²) in [5, 5.41) is 1.06. The average Bonchev–Trinajstić information content (AvgIpc) is 2.97. The lowest BCUT2D eigenvalue weighted by atomic mass is 10.1. The van der Waals surface area contributed by atoms with Crippen LogP contribution in [0.5, 0.6) is 0 Å². The molecule has 0 spiro atoms. The summed E-state index contributed by atoms with van der Waals surface area (Å²) in [6.07, 6.45) is 3.54. The largest absolute Gasteiger partial charge is 0.256 e. The first-order valence-electron chi connectivity index (χ1n) is 7.06. The molecule has 0 aliphatic rings. The molecule has 0 saturated heterocycles. The number of thiazole rings is 1. The van der Waals surface area contributed by atoms with Gasteiger partial charge in [-0.25, -0.2) is 4.98 Å². The SMILES string of the molecule is [2H]c1nc(-c2ccccn2)c(-c2ccnc3ccccc23)s1. The van der Waals surface area contributed by atoms with Crippen LogP contribution < -0.4 is 0 Å². The van der Waals surface area contributed by atoms with Gasteiger partial charge >= 0.3 is 0 Å². The summed E-state index contributed by atoms with van der Waals surface area (Å²) in [5.74, 6) is 0. The van der Waals surface area contributed by atoms with Crippen molar-refractivity contribution >= 4 is 22.2 Å². The highest BCUT2D eigenvalue weighted by Gasteiger charge is 2.14. The molecule has 3 heterocycles. The Kier molecular flexibility index (Phi) is 2.68. The van der Waals surface area contributed by atoms with E-state index in [-0.39, 0.29) is 5.49 Å². The standard InChI is InChI=1S/C17H11N3S/c1-2-6-14-12(5-1)13(8-10-19-14)17-16(20-11-21-17)15-7-3-4-9-18-15/h1-11H/i11D. The van der Waals surface area contributed by atoms with Crippen LogP contribution in [0.4, 0.5) is 0 Å². The smallest absolute Gasteiger partial charge is 0.107 e. The van der Waals surface area contributed by atoms with E-state index in [1.54, 1.807) is 12.4 Å². The third kappa shape index (κ3) is 2.10. The highest BCUT2D eigenvalue weighted by molar-refractivity contribution is 7.13. The Hall–Kier alpha value is -2.59. The van der Waals surface area contributed by atoms with Gasteiger partial charge in [0.05, 0.1) is 22.9 Å². The molecule has 3 aromatic heterocycles. The number of hydrogen-bond acceptors (Lipinski definition) is 4. The minimum Gasteiger partial charge on any atom is -0.256 e. The summed E-state index contributed by atoms with van der Waals surface area (Å²) in [7, 11) is 0. The Morgan fingerprint density at radius 1 is 0.857 bits per heavy atom. The molecule has 0 unspecified atom stereocenters. The molecule has 4 rings (SSSR count). The van der Waals surface area contributed by atoms with Crippen LogP contribution in [-0.4, -0.2) is 15.0 Å². The van der Waals surface area contributed by atoms with Crippen LogP contribution in [-0.2, 0) is 0 Å². The van der Waals surface area contributed by atoms with Crippen molar-refractivity contribution in [3.05, 3.63) is 66.4 Å². The van der Waals surface area contributed by atoms with Gasteiger partial charge in [-0.2, -0.15) is 0 Å². The van der Waals surface area contributed by atoms with Gasteiger partial charge < -0.3 is 0 Å². The maximum absolute atomic E-state index is 7.93. The van der Waals surface area contributed by atoms with E-state index in [4.69, 9.17) is 1.37 Å². The molecular weight excluding hydrogens is 278 g/mol. The Labute approximate surface area is 127 Å². The van der Waals surface area contributed by atoms with Crippen molar-refractivity contribution in [2.75, 3.05) is 0 Å². The minimum atomic E-state index is 0.288. The van der Waals surface area contributed by atoms with Crippen LogP contribution in [0.1, 0.15) is 1.37 Å². The first kappa shape index (κ1) is 11.1. The number of rotatable bonds is 2. The van der Waals surface area contributed by atoms with E-state index in [0.717, 1.165) is 32.7 Å². The fraction of sp³-hybridized carbons (Fsp3) is 0. The Morgan fingerprint density at radius 3 is 2.67 bits per heavy atom. The number of fused-ring (bicyclic) bond motifs is 1. The van der Waals surface area contributed by atoms with Crippen molar-refractivity contribution in [3.63, 3.8) is 0 Å². The van der Waals surface area contributed by atoms with Gasteiger partial charge in [0.2, 0.25) is 0 Å². The van der Waals surface area contributed by atoms with Gasteiger partial charge in [-0.05, 0) is 24.3 Å². The van der Waals surface area contributed by atoms with E-state index >= 15 is 0 Å². The molecule has 0 radical (unpaired) electrons. The highest BCUT2D eigenvalue weighted by Crippen LogP contribution is 2.36. The molecule has 0 bridgehead atoms. The lowest BCUT2D eigenvalue weighted by Crippen LogP contribution is -1.87.